The van der Waals surface area contributed by atoms with Gasteiger partial charge in [-0.25, -0.2) is 0 Å². The second-order valence-electron chi connectivity index (χ2n) is 4.45. The summed E-state index contributed by atoms with van der Waals surface area (Å²) in [5, 5.41) is 2.70. The Morgan fingerprint density at radius 3 is 2.86 bits per heavy atom. The van der Waals surface area contributed by atoms with Crippen LogP contribution >= 0.6 is 0 Å². The standard InChI is InChI=1S/C14H18N2O5/c1-2-19-14(18)6-10(16-13(17)7-15)9-3-4-11-12(5-9)21-8-20-11/h3-5,10H,2,6-8,15H2,1H3,(H,16,17). The fourth-order valence-corrected chi connectivity index (χ4v) is 2.02. The fraction of sp³-hybridized carbons (Fsp3) is 0.429. The molecule has 1 heterocycles. The molecule has 1 aliphatic heterocycles. The topological polar surface area (TPSA) is 99.9 Å². The van der Waals surface area contributed by atoms with E-state index in [1.165, 1.54) is 0 Å². The van der Waals surface area contributed by atoms with Gasteiger partial charge in [-0.15, -0.1) is 0 Å². The number of carbonyl (C=O) groups is 2. The van der Waals surface area contributed by atoms with Crippen LogP contribution in [0.1, 0.15) is 24.9 Å². The molecular formula is C14H18N2O5. The monoisotopic (exact) mass is 294 g/mol. The van der Waals surface area contributed by atoms with Gasteiger partial charge >= 0.3 is 5.97 Å². The predicted molar refractivity (Wildman–Crippen MR) is 73.8 cm³/mol. The molecule has 2 rings (SSSR count). The summed E-state index contributed by atoms with van der Waals surface area (Å²) in [4.78, 5) is 23.2. The largest absolute Gasteiger partial charge is 0.466 e. The smallest absolute Gasteiger partial charge is 0.308 e. The highest BCUT2D eigenvalue weighted by Crippen LogP contribution is 2.34. The van der Waals surface area contributed by atoms with E-state index >= 15 is 0 Å². The van der Waals surface area contributed by atoms with Gasteiger partial charge in [-0.1, -0.05) is 6.07 Å². The summed E-state index contributed by atoms with van der Waals surface area (Å²) in [6.45, 7) is 2.03. The third kappa shape index (κ3) is 3.85. The average Bonchev–Trinajstić information content (AvgIpc) is 2.94. The molecule has 21 heavy (non-hydrogen) atoms. The number of hydrogen-bond donors (Lipinski definition) is 2. The van der Waals surface area contributed by atoms with Crippen molar-refractivity contribution < 1.29 is 23.8 Å². The number of fused-ring (bicyclic) bond motifs is 1. The van der Waals surface area contributed by atoms with Gasteiger partial charge < -0.3 is 25.3 Å². The van der Waals surface area contributed by atoms with E-state index in [9.17, 15) is 9.59 Å². The number of hydrogen-bond acceptors (Lipinski definition) is 6. The van der Waals surface area contributed by atoms with E-state index < -0.39 is 12.0 Å². The van der Waals surface area contributed by atoms with E-state index in [4.69, 9.17) is 19.9 Å². The minimum absolute atomic E-state index is 0.0270. The highest BCUT2D eigenvalue weighted by atomic mass is 16.7. The van der Waals surface area contributed by atoms with E-state index in [0.29, 0.717) is 11.5 Å². The van der Waals surface area contributed by atoms with E-state index in [-0.39, 0.29) is 32.3 Å². The van der Waals surface area contributed by atoms with Crippen LogP contribution in [-0.4, -0.2) is 31.8 Å². The molecule has 0 aliphatic carbocycles. The lowest BCUT2D eigenvalue weighted by molar-refractivity contribution is -0.143. The van der Waals surface area contributed by atoms with Crippen molar-refractivity contribution in [2.75, 3.05) is 19.9 Å². The fourth-order valence-electron chi connectivity index (χ4n) is 2.02. The van der Waals surface area contributed by atoms with Gasteiger partial charge in [-0.2, -0.15) is 0 Å². The minimum Gasteiger partial charge on any atom is -0.466 e. The van der Waals surface area contributed by atoms with Gasteiger partial charge in [0, 0.05) is 0 Å². The SMILES string of the molecule is CCOC(=O)CC(NC(=O)CN)c1ccc2c(c1)OCO2. The highest BCUT2D eigenvalue weighted by molar-refractivity contribution is 5.79. The Morgan fingerprint density at radius 1 is 1.38 bits per heavy atom. The molecule has 0 fully saturated rings. The first-order valence-corrected chi connectivity index (χ1v) is 6.68. The molecule has 0 saturated heterocycles. The molecule has 7 heteroatoms. The van der Waals surface area contributed by atoms with Gasteiger partial charge in [0.05, 0.1) is 25.6 Å². The number of carbonyl (C=O) groups excluding carboxylic acids is 2. The molecule has 1 aromatic rings. The zero-order valence-electron chi connectivity index (χ0n) is 11.8. The van der Waals surface area contributed by atoms with Gasteiger partial charge in [0.25, 0.3) is 0 Å². The number of nitrogens with two attached hydrogens (primary N) is 1. The van der Waals surface area contributed by atoms with Crippen LogP contribution in [0.15, 0.2) is 18.2 Å². The predicted octanol–water partition coefficient (Wildman–Crippen LogP) is 0.485. The van der Waals surface area contributed by atoms with Crippen LogP contribution in [0, 0.1) is 0 Å². The summed E-state index contributed by atoms with van der Waals surface area (Å²) >= 11 is 0. The molecule has 7 nitrogen and oxygen atoms in total. The molecule has 0 saturated carbocycles. The Balaban J connectivity index is 2.17. The summed E-state index contributed by atoms with van der Waals surface area (Å²) in [6.07, 6.45) is 0.0270. The first-order chi connectivity index (χ1) is 10.1. The molecule has 1 atom stereocenters. The number of nitrogens with one attached hydrogen (secondary N) is 1. The molecule has 1 aliphatic rings. The van der Waals surface area contributed by atoms with Gasteiger partial charge in [0.2, 0.25) is 12.7 Å². The second kappa shape index (κ2) is 6.94. The van der Waals surface area contributed by atoms with Gasteiger partial charge in [-0.05, 0) is 24.6 Å². The second-order valence-corrected chi connectivity index (χ2v) is 4.45. The van der Waals surface area contributed by atoms with Gasteiger partial charge in [0.15, 0.2) is 11.5 Å². The summed E-state index contributed by atoms with van der Waals surface area (Å²) in [5.41, 5.74) is 6.04. The van der Waals surface area contributed by atoms with Crippen LogP contribution in [0.4, 0.5) is 0 Å². The van der Waals surface area contributed by atoms with Crippen LogP contribution < -0.4 is 20.5 Å². The van der Waals surface area contributed by atoms with E-state index in [0.717, 1.165) is 5.56 Å². The molecule has 1 amide bonds. The minimum atomic E-state index is -0.519. The lowest BCUT2D eigenvalue weighted by Crippen LogP contribution is -2.35. The normalized spacial score (nSPS) is 13.6. The number of ether oxygens (including phenoxy) is 3. The van der Waals surface area contributed by atoms with Crippen molar-refractivity contribution in [1.82, 2.24) is 5.32 Å². The molecule has 3 N–H and O–H groups in total. The first kappa shape index (κ1) is 15.1. The molecule has 0 radical (unpaired) electrons. The van der Waals surface area contributed by atoms with Crippen molar-refractivity contribution in [3.05, 3.63) is 23.8 Å². The lowest BCUT2D eigenvalue weighted by atomic mass is 10.0. The summed E-state index contributed by atoms with van der Waals surface area (Å²) in [7, 11) is 0. The van der Waals surface area contributed by atoms with Crippen molar-refractivity contribution in [2.45, 2.75) is 19.4 Å². The van der Waals surface area contributed by atoms with Crippen molar-refractivity contribution in [1.29, 1.82) is 0 Å². The molecule has 0 bridgehead atoms. The zero-order valence-corrected chi connectivity index (χ0v) is 11.8. The molecule has 0 spiro atoms. The van der Waals surface area contributed by atoms with E-state index in [1.807, 2.05) is 0 Å². The Hall–Kier alpha value is -2.28. The highest BCUT2D eigenvalue weighted by Gasteiger charge is 2.22. The summed E-state index contributed by atoms with van der Waals surface area (Å²) in [6, 6.07) is 4.73. The van der Waals surface area contributed by atoms with E-state index in [1.54, 1.807) is 25.1 Å². The maximum absolute atomic E-state index is 11.7. The molecule has 1 unspecified atom stereocenters. The lowest BCUT2D eigenvalue weighted by Gasteiger charge is -2.18. The third-order valence-electron chi connectivity index (χ3n) is 3.00. The number of benzene rings is 1. The zero-order chi connectivity index (χ0) is 15.2. The molecule has 1 aromatic carbocycles. The number of rotatable bonds is 6. The number of amides is 1. The Bertz CT molecular complexity index is 532. The maximum atomic E-state index is 11.7. The molecule has 114 valence electrons. The average molecular weight is 294 g/mol. The molecule has 0 aromatic heterocycles. The van der Waals surface area contributed by atoms with Crippen LogP contribution in [0.5, 0.6) is 11.5 Å². The van der Waals surface area contributed by atoms with Crippen LogP contribution in [0.2, 0.25) is 0 Å². The number of esters is 1. The van der Waals surface area contributed by atoms with Crippen molar-refractivity contribution >= 4 is 11.9 Å². The molecular weight excluding hydrogens is 276 g/mol. The van der Waals surface area contributed by atoms with Crippen LogP contribution in [0.25, 0.3) is 0 Å². The Morgan fingerprint density at radius 2 is 2.14 bits per heavy atom. The van der Waals surface area contributed by atoms with Crippen LogP contribution in [-0.2, 0) is 14.3 Å². The van der Waals surface area contributed by atoms with Gasteiger partial charge in [0.1, 0.15) is 0 Å². The Kier molecular flexibility index (Phi) is 4.99. The Labute approximate surface area is 122 Å². The maximum Gasteiger partial charge on any atom is 0.308 e. The quantitative estimate of drug-likeness (QED) is 0.740. The van der Waals surface area contributed by atoms with Crippen molar-refractivity contribution in [3.63, 3.8) is 0 Å². The van der Waals surface area contributed by atoms with Gasteiger partial charge in [-0.3, -0.25) is 9.59 Å². The van der Waals surface area contributed by atoms with E-state index in [2.05, 4.69) is 5.32 Å². The first-order valence-electron chi connectivity index (χ1n) is 6.68. The van der Waals surface area contributed by atoms with Crippen molar-refractivity contribution in [2.24, 2.45) is 5.73 Å². The third-order valence-corrected chi connectivity index (χ3v) is 3.00. The van der Waals surface area contributed by atoms with Crippen molar-refractivity contribution in [3.8, 4) is 11.5 Å². The van der Waals surface area contributed by atoms with Crippen LogP contribution in [0.3, 0.4) is 0 Å². The summed E-state index contributed by atoms with van der Waals surface area (Å²) in [5.74, 6) is 0.488. The summed E-state index contributed by atoms with van der Waals surface area (Å²) < 4.78 is 15.5.